The van der Waals surface area contributed by atoms with E-state index in [-0.39, 0.29) is 30.1 Å². The van der Waals surface area contributed by atoms with Crippen LogP contribution in [0.1, 0.15) is 47.8 Å². The van der Waals surface area contributed by atoms with E-state index in [2.05, 4.69) is 4.98 Å². The van der Waals surface area contributed by atoms with Crippen LogP contribution in [0.4, 0.5) is 0 Å². The third-order valence-electron chi connectivity index (χ3n) is 5.97. The number of H-pyrrole nitrogens is 1. The van der Waals surface area contributed by atoms with Gasteiger partial charge in [-0.2, -0.15) is 0 Å². The number of nitrogens with one attached hydrogen (secondary N) is 1. The number of amides is 1. The van der Waals surface area contributed by atoms with Crippen molar-refractivity contribution in [2.75, 3.05) is 24.7 Å². The number of likely N-dealkylation sites (N-methyl/N-ethyl adjacent to an activating group) is 1. The van der Waals surface area contributed by atoms with Gasteiger partial charge in [-0.25, -0.2) is 13.2 Å². The van der Waals surface area contributed by atoms with Crippen LogP contribution in [0.2, 0.25) is 0 Å². The van der Waals surface area contributed by atoms with Crippen LogP contribution in [0.3, 0.4) is 0 Å². The Balaban J connectivity index is 1.43. The standard InChI is InChI=1S/C21H26N2O5S/c1-2-23(15-9-10-29(26,27)13-15)20(24)12-28-21(25)14-7-8-19-17(11-14)16-5-3-4-6-18(16)22-19/h7-8,11,15,22H,2-6,9-10,12-13H2,1H3/t15-/m1/s1. The van der Waals surface area contributed by atoms with Gasteiger partial charge in [0.05, 0.1) is 17.1 Å². The number of hydrogen-bond donors (Lipinski definition) is 1. The number of aromatic nitrogens is 1. The SMILES string of the molecule is CCN(C(=O)COC(=O)c1ccc2[nH]c3c(c2c1)CCCC3)[C@@H]1CCS(=O)(=O)C1. The summed E-state index contributed by atoms with van der Waals surface area (Å²) in [5, 5.41) is 1.05. The van der Waals surface area contributed by atoms with Gasteiger partial charge in [-0.15, -0.1) is 0 Å². The molecule has 1 aromatic carbocycles. The largest absolute Gasteiger partial charge is 0.452 e. The molecule has 4 rings (SSSR count). The summed E-state index contributed by atoms with van der Waals surface area (Å²) in [4.78, 5) is 30.0. The van der Waals surface area contributed by atoms with Gasteiger partial charge in [0.1, 0.15) is 0 Å². The molecule has 1 aliphatic carbocycles. The van der Waals surface area contributed by atoms with E-state index in [9.17, 15) is 18.0 Å². The lowest BCUT2D eigenvalue weighted by Gasteiger charge is -2.26. The summed E-state index contributed by atoms with van der Waals surface area (Å²) < 4.78 is 28.7. The lowest BCUT2D eigenvalue weighted by Crippen LogP contribution is -2.43. The molecule has 2 aliphatic rings. The molecule has 0 saturated carbocycles. The van der Waals surface area contributed by atoms with Crippen LogP contribution >= 0.6 is 0 Å². The maximum atomic E-state index is 12.5. The van der Waals surface area contributed by atoms with Crippen LogP contribution in [0.15, 0.2) is 18.2 Å². The zero-order chi connectivity index (χ0) is 20.6. The predicted octanol–water partition coefficient (Wildman–Crippen LogP) is 2.24. The fraction of sp³-hybridized carbons (Fsp3) is 0.524. The summed E-state index contributed by atoms with van der Waals surface area (Å²) >= 11 is 0. The van der Waals surface area contributed by atoms with Crippen LogP contribution in [0, 0.1) is 0 Å². The number of rotatable bonds is 5. The van der Waals surface area contributed by atoms with E-state index in [1.165, 1.54) is 22.6 Å². The van der Waals surface area contributed by atoms with Crippen molar-refractivity contribution in [2.24, 2.45) is 0 Å². The molecule has 7 nitrogen and oxygen atoms in total. The van der Waals surface area contributed by atoms with Crippen molar-refractivity contribution >= 4 is 32.6 Å². The molecule has 29 heavy (non-hydrogen) atoms. The Morgan fingerprint density at radius 3 is 2.76 bits per heavy atom. The maximum Gasteiger partial charge on any atom is 0.338 e. The summed E-state index contributed by atoms with van der Waals surface area (Å²) in [6.45, 7) is 1.80. The van der Waals surface area contributed by atoms with Crippen molar-refractivity contribution in [1.82, 2.24) is 9.88 Å². The molecule has 0 spiro atoms. The highest BCUT2D eigenvalue weighted by Crippen LogP contribution is 2.29. The van der Waals surface area contributed by atoms with Gasteiger partial charge in [0, 0.05) is 29.2 Å². The smallest absolute Gasteiger partial charge is 0.338 e. The molecular weight excluding hydrogens is 392 g/mol. The van der Waals surface area contributed by atoms with Gasteiger partial charge in [-0.3, -0.25) is 4.79 Å². The molecule has 1 saturated heterocycles. The van der Waals surface area contributed by atoms with E-state index in [4.69, 9.17) is 4.74 Å². The van der Waals surface area contributed by atoms with Crippen LogP contribution in [0.25, 0.3) is 10.9 Å². The molecule has 8 heteroatoms. The summed E-state index contributed by atoms with van der Waals surface area (Å²) in [6, 6.07) is 5.09. The summed E-state index contributed by atoms with van der Waals surface area (Å²) in [5.74, 6) is -0.818. The molecule has 2 aromatic rings. The Labute approximate surface area is 170 Å². The highest BCUT2D eigenvalue weighted by molar-refractivity contribution is 7.91. The normalized spacial score (nSPS) is 20.4. The number of carbonyl (C=O) groups excluding carboxylic acids is 2. The first kappa shape index (κ1) is 19.9. The van der Waals surface area contributed by atoms with Gasteiger partial charge in [-0.05, 0) is 62.8 Å². The van der Waals surface area contributed by atoms with E-state index in [0.29, 0.717) is 18.5 Å². The molecule has 1 fully saturated rings. The molecule has 1 atom stereocenters. The quantitative estimate of drug-likeness (QED) is 0.751. The molecule has 1 amide bonds. The number of fused-ring (bicyclic) bond motifs is 3. The van der Waals surface area contributed by atoms with Gasteiger partial charge in [0.25, 0.3) is 5.91 Å². The molecule has 1 aliphatic heterocycles. The minimum atomic E-state index is -3.09. The number of benzene rings is 1. The first-order valence-corrected chi connectivity index (χ1v) is 12.0. The summed E-state index contributed by atoms with van der Waals surface area (Å²) in [7, 11) is -3.09. The van der Waals surface area contributed by atoms with Crippen molar-refractivity contribution in [2.45, 2.75) is 45.1 Å². The van der Waals surface area contributed by atoms with Crippen LogP contribution in [-0.4, -0.2) is 60.9 Å². The molecule has 1 aromatic heterocycles. The molecular formula is C21H26N2O5S. The van der Waals surface area contributed by atoms with E-state index in [1.807, 2.05) is 12.1 Å². The zero-order valence-corrected chi connectivity index (χ0v) is 17.4. The van der Waals surface area contributed by atoms with E-state index >= 15 is 0 Å². The molecule has 0 unspecified atom stereocenters. The topological polar surface area (TPSA) is 96.5 Å². The Morgan fingerprint density at radius 1 is 1.24 bits per heavy atom. The monoisotopic (exact) mass is 418 g/mol. The molecule has 156 valence electrons. The first-order chi connectivity index (χ1) is 13.9. The fourth-order valence-corrected chi connectivity index (χ4v) is 6.22. The Kier molecular flexibility index (Phi) is 5.38. The van der Waals surface area contributed by atoms with Crippen molar-refractivity contribution in [3.63, 3.8) is 0 Å². The predicted molar refractivity (Wildman–Crippen MR) is 110 cm³/mol. The number of sulfone groups is 1. The zero-order valence-electron chi connectivity index (χ0n) is 16.6. The highest BCUT2D eigenvalue weighted by atomic mass is 32.2. The highest BCUT2D eigenvalue weighted by Gasteiger charge is 2.34. The van der Waals surface area contributed by atoms with E-state index in [0.717, 1.165) is 30.2 Å². The van der Waals surface area contributed by atoms with E-state index < -0.39 is 15.8 Å². The minimum Gasteiger partial charge on any atom is -0.452 e. The van der Waals surface area contributed by atoms with Gasteiger partial charge < -0.3 is 14.6 Å². The van der Waals surface area contributed by atoms with Crippen LogP contribution in [-0.2, 0) is 32.2 Å². The van der Waals surface area contributed by atoms with Crippen molar-refractivity contribution in [3.8, 4) is 0 Å². The summed E-state index contributed by atoms with van der Waals surface area (Å²) in [5.41, 5.74) is 3.96. The lowest BCUT2D eigenvalue weighted by molar-refractivity contribution is -0.136. The lowest BCUT2D eigenvalue weighted by atomic mass is 9.95. The molecule has 2 heterocycles. The number of aryl methyl sites for hydroxylation is 2. The minimum absolute atomic E-state index is 0.0181. The maximum absolute atomic E-state index is 12.5. The molecule has 0 bridgehead atoms. The second-order valence-corrected chi connectivity index (χ2v) is 10.1. The summed E-state index contributed by atoms with van der Waals surface area (Å²) in [6.07, 6.45) is 4.79. The first-order valence-electron chi connectivity index (χ1n) is 10.2. The average Bonchev–Trinajstić information content (AvgIpc) is 3.25. The van der Waals surface area contributed by atoms with Gasteiger partial charge in [-0.1, -0.05) is 0 Å². The van der Waals surface area contributed by atoms with Crippen LogP contribution in [0.5, 0.6) is 0 Å². The third-order valence-corrected chi connectivity index (χ3v) is 7.72. The van der Waals surface area contributed by atoms with Crippen molar-refractivity contribution < 1.29 is 22.7 Å². The number of carbonyl (C=O) groups is 2. The fourth-order valence-electron chi connectivity index (χ4n) is 4.49. The van der Waals surface area contributed by atoms with Gasteiger partial charge in [0.15, 0.2) is 16.4 Å². The number of esters is 1. The second-order valence-electron chi connectivity index (χ2n) is 7.86. The van der Waals surface area contributed by atoms with E-state index in [1.54, 1.807) is 13.0 Å². The Morgan fingerprint density at radius 2 is 2.03 bits per heavy atom. The van der Waals surface area contributed by atoms with Crippen LogP contribution < -0.4 is 0 Å². The Hall–Kier alpha value is -2.35. The van der Waals surface area contributed by atoms with Gasteiger partial charge in [0.2, 0.25) is 0 Å². The molecule has 0 radical (unpaired) electrons. The number of nitrogens with zero attached hydrogens (tertiary/aromatic N) is 1. The number of aromatic amines is 1. The molecule has 1 N–H and O–H groups in total. The second kappa shape index (κ2) is 7.82. The van der Waals surface area contributed by atoms with Crippen molar-refractivity contribution in [1.29, 1.82) is 0 Å². The number of ether oxygens (including phenoxy) is 1. The van der Waals surface area contributed by atoms with Gasteiger partial charge >= 0.3 is 5.97 Å². The average molecular weight is 419 g/mol. The van der Waals surface area contributed by atoms with Crippen molar-refractivity contribution in [3.05, 3.63) is 35.0 Å². The third kappa shape index (κ3) is 4.03. The Bertz CT molecular complexity index is 1060. The number of hydrogen-bond acceptors (Lipinski definition) is 5.